The summed E-state index contributed by atoms with van der Waals surface area (Å²) in [6, 6.07) is 9.34. The topological polar surface area (TPSA) is 46.9 Å². The number of hydrogen-bond donors (Lipinski definition) is 1. The van der Waals surface area contributed by atoms with Crippen LogP contribution in [0.4, 0.5) is 23.2 Å². The van der Waals surface area contributed by atoms with Gasteiger partial charge in [0.25, 0.3) is 0 Å². The number of nitrogens with zero attached hydrogens (tertiary/aromatic N) is 2. The Hall–Kier alpha value is -3.16. The van der Waals surface area contributed by atoms with Crippen molar-refractivity contribution < 1.29 is 22.4 Å². The first-order chi connectivity index (χ1) is 12.4. The predicted molar refractivity (Wildman–Crippen MR) is 86.4 cm³/mol. The summed E-state index contributed by atoms with van der Waals surface area (Å²) in [6.45, 7) is -0.455. The minimum atomic E-state index is -1.75. The van der Waals surface area contributed by atoms with E-state index in [1.807, 2.05) is 18.2 Å². The number of rotatable bonds is 5. The Kier molecular flexibility index (Phi) is 5.01. The number of carbonyl (C=O) groups is 1. The van der Waals surface area contributed by atoms with Crippen LogP contribution in [0.3, 0.4) is 0 Å². The fourth-order valence-corrected chi connectivity index (χ4v) is 2.41. The normalized spacial score (nSPS) is 10.8. The van der Waals surface area contributed by atoms with E-state index in [1.165, 1.54) is 12.4 Å². The van der Waals surface area contributed by atoms with Crippen molar-refractivity contribution in [2.24, 2.45) is 0 Å². The summed E-state index contributed by atoms with van der Waals surface area (Å²) < 4.78 is 54.7. The molecule has 3 aromatic rings. The minimum Gasteiger partial charge on any atom is -0.323 e. The smallest absolute Gasteiger partial charge is 0.228 e. The summed E-state index contributed by atoms with van der Waals surface area (Å²) in [5, 5.41) is 6.46. The van der Waals surface area contributed by atoms with E-state index in [0.717, 1.165) is 10.2 Å². The maximum Gasteiger partial charge on any atom is 0.228 e. The van der Waals surface area contributed by atoms with Crippen LogP contribution in [-0.2, 0) is 17.8 Å². The number of halogens is 4. The van der Waals surface area contributed by atoms with E-state index < -0.39 is 35.4 Å². The van der Waals surface area contributed by atoms with E-state index in [2.05, 4.69) is 10.4 Å². The van der Waals surface area contributed by atoms with Crippen LogP contribution < -0.4 is 5.32 Å². The van der Waals surface area contributed by atoms with Gasteiger partial charge in [-0.15, -0.1) is 0 Å². The Labute approximate surface area is 146 Å². The Morgan fingerprint density at radius 1 is 1.04 bits per heavy atom. The lowest BCUT2D eigenvalue weighted by Crippen LogP contribution is -2.14. The van der Waals surface area contributed by atoms with Gasteiger partial charge in [-0.05, 0) is 5.56 Å². The van der Waals surface area contributed by atoms with Crippen molar-refractivity contribution in [2.45, 2.75) is 13.0 Å². The molecule has 0 unspecified atom stereocenters. The monoisotopic (exact) mass is 363 g/mol. The number of benzene rings is 2. The highest BCUT2D eigenvalue weighted by Crippen LogP contribution is 2.20. The zero-order chi connectivity index (χ0) is 18.7. The molecule has 1 heterocycles. The van der Waals surface area contributed by atoms with Gasteiger partial charge in [-0.3, -0.25) is 9.48 Å². The largest absolute Gasteiger partial charge is 0.323 e. The molecule has 26 heavy (non-hydrogen) atoms. The SMILES string of the molecule is O=C(Cc1ccccc1)Nc1cnn(Cc2c(F)cc(F)c(F)c2F)c1. The number of amides is 1. The molecule has 0 aliphatic rings. The first kappa shape index (κ1) is 17.7. The summed E-state index contributed by atoms with van der Waals surface area (Å²) in [5.41, 5.74) is 0.479. The molecule has 0 saturated carbocycles. The summed E-state index contributed by atoms with van der Waals surface area (Å²) >= 11 is 0. The van der Waals surface area contributed by atoms with Crippen molar-refractivity contribution in [2.75, 3.05) is 5.32 Å². The Morgan fingerprint density at radius 3 is 2.50 bits per heavy atom. The third-order valence-electron chi connectivity index (χ3n) is 3.65. The summed E-state index contributed by atoms with van der Waals surface area (Å²) in [5.74, 6) is -6.46. The molecule has 134 valence electrons. The van der Waals surface area contributed by atoms with Gasteiger partial charge >= 0.3 is 0 Å². The average molecular weight is 363 g/mol. The first-order valence-corrected chi connectivity index (χ1v) is 7.62. The molecule has 0 saturated heterocycles. The second-order valence-electron chi connectivity index (χ2n) is 5.58. The second-order valence-corrected chi connectivity index (χ2v) is 5.58. The number of hydrogen-bond acceptors (Lipinski definition) is 2. The van der Waals surface area contributed by atoms with Crippen LogP contribution in [0.15, 0.2) is 48.8 Å². The molecule has 3 rings (SSSR count). The van der Waals surface area contributed by atoms with Gasteiger partial charge in [0.1, 0.15) is 5.82 Å². The lowest BCUT2D eigenvalue weighted by atomic mass is 10.1. The summed E-state index contributed by atoms with van der Waals surface area (Å²) in [6.07, 6.45) is 2.78. The quantitative estimate of drug-likeness (QED) is 0.427. The van der Waals surface area contributed by atoms with Crippen LogP contribution in [0.2, 0.25) is 0 Å². The molecule has 8 heteroatoms. The van der Waals surface area contributed by atoms with Gasteiger partial charge in [0.2, 0.25) is 5.91 Å². The summed E-state index contributed by atoms with van der Waals surface area (Å²) in [7, 11) is 0. The molecule has 1 aromatic heterocycles. The fraction of sp³-hybridized carbons (Fsp3) is 0.111. The first-order valence-electron chi connectivity index (χ1n) is 7.62. The van der Waals surface area contributed by atoms with Gasteiger partial charge in [-0.1, -0.05) is 30.3 Å². The molecular formula is C18H13F4N3O. The molecule has 4 nitrogen and oxygen atoms in total. The number of aromatic nitrogens is 2. The molecule has 0 radical (unpaired) electrons. The van der Waals surface area contributed by atoms with Crippen molar-refractivity contribution in [3.8, 4) is 0 Å². The summed E-state index contributed by atoms with van der Waals surface area (Å²) in [4.78, 5) is 12.0. The molecule has 1 N–H and O–H groups in total. The zero-order valence-corrected chi connectivity index (χ0v) is 13.3. The molecule has 0 spiro atoms. The van der Waals surface area contributed by atoms with E-state index in [4.69, 9.17) is 0 Å². The van der Waals surface area contributed by atoms with Crippen LogP contribution >= 0.6 is 0 Å². The molecular weight excluding hydrogens is 350 g/mol. The Morgan fingerprint density at radius 2 is 1.77 bits per heavy atom. The highest BCUT2D eigenvalue weighted by Gasteiger charge is 2.19. The minimum absolute atomic E-state index is 0.151. The van der Waals surface area contributed by atoms with Crippen LogP contribution in [0.25, 0.3) is 0 Å². The molecule has 1 amide bonds. The molecule has 0 atom stereocenters. The van der Waals surface area contributed by atoms with Crippen LogP contribution in [-0.4, -0.2) is 15.7 Å². The predicted octanol–water partition coefficient (Wildman–Crippen LogP) is 3.67. The standard InChI is InChI=1S/C18H13F4N3O/c19-14-7-15(20)18(22)17(21)13(14)10-25-9-12(8-23-25)24-16(26)6-11-4-2-1-3-5-11/h1-5,7-9H,6,10H2,(H,24,26). The third-order valence-corrected chi connectivity index (χ3v) is 3.65. The van der Waals surface area contributed by atoms with E-state index >= 15 is 0 Å². The van der Waals surface area contributed by atoms with Crippen molar-refractivity contribution in [3.63, 3.8) is 0 Å². The van der Waals surface area contributed by atoms with E-state index in [-0.39, 0.29) is 18.4 Å². The maximum absolute atomic E-state index is 13.7. The molecule has 0 aliphatic carbocycles. The van der Waals surface area contributed by atoms with Crippen molar-refractivity contribution in [1.29, 1.82) is 0 Å². The highest BCUT2D eigenvalue weighted by molar-refractivity contribution is 5.91. The van der Waals surface area contributed by atoms with Crippen molar-refractivity contribution in [3.05, 3.63) is 83.2 Å². The number of anilines is 1. The van der Waals surface area contributed by atoms with Gasteiger partial charge in [-0.25, -0.2) is 17.6 Å². The van der Waals surface area contributed by atoms with Gasteiger partial charge in [-0.2, -0.15) is 5.10 Å². The van der Waals surface area contributed by atoms with Crippen molar-refractivity contribution >= 4 is 11.6 Å². The van der Waals surface area contributed by atoms with Crippen molar-refractivity contribution in [1.82, 2.24) is 9.78 Å². The van der Waals surface area contributed by atoms with Gasteiger partial charge in [0.15, 0.2) is 17.5 Å². The van der Waals surface area contributed by atoms with Gasteiger partial charge in [0, 0.05) is 17.8 Å². The maximum atomic E-state index is 13.7. The Bertz CT molecular complexity index is 941. The third kappa shape index (κ3) is 3.90. The van der Waals surface area contributed by atoms with E-state index in [1.54, 1.807) is 12.1 Å². The zero-order valence-electron chi connectivity index (χ0n) is 13.3. The lowest BCUT2D eigenvalue weighted by molar-refractivity contribution is -0.115. The van der Waals surface area contributed by atoms with Crippen LogP contribution in [0.1, 0.15) is 11.1 Å². The molecule has 0 bridgehead atoms. The lowest BCUT2D eigenvalue weighted by Gasteiger charge is -2.07. The number of carbonyl (C=O) groups excluding carboxylic acids is 1. The highest BCUT2D eigenvalue weighted by atomic mass is 19.2. The average Bonchev–Trinajstić information content (AvgIpc) is 3.04. The van der Waals surface area contributed by atoms with Crippen LogP contribution in [0, 0.1) is 23.3 Å². The van der Waals surface area contributed by atoms with E-state index in [0.29, 0.717) is 5.69 Å². The van der Waals surface area contributed by atoms with Gasteiger partial charge in [0.05, 0.1) is 24.8 Å². The van der Waals surface area contributed by atoms with Crippen LogP contribution in [0.5, 0.6) is 0 Å². The fourth-order valence-electron chi connectivity index (χ4n) is 2.41. The molecule has 0 aliphatic heterocycles. The molecule has 0 fully saturated rings. The molecule has 2 aromatic carbocycles. The number of nitrogens with one attached hydrogen (secondary N) is 1. The second kappa shape index (κ2) is 7.38. The Balaban J connectivity index is 1.69. The van der Waals surface area contributed by atoms with Gasteiger partial charge < -0.3 is 5.32 Å². The van der Waals surface area contributed by atoms with E-state index in [9.17, 15) is 22.4 Å².